The Morgan fingerprint density at radius 1 is 1.42 bits per heavy atom. The summed E-state index contributed by atoms with van der Waals surface area (Å²) in [6, 6.07) is 0. The van der Waals surface area contributed by atoms with Crippen LogP contribution in [-0.2, 0) is 0 Å². The van der Waals surface area contributed by atoms with Gasteiger partial charge in [-0.25, -0.2) is 0 Å². The van der Waals surface area contributed by atoms with Crippen LogP contribution in [0.3, 0.4) is 0 Å². The molecule has 0 heterocycles. The van der Waals surface area contributed by atoms with Crippen LogP contribution in [0.25, 0.3) is 0 Å². The van der Waals surface area contributed by atoms with Gasteiger partial charge in [-0.3, -0.25) is 0 Å². The molecule has 0 radical (unpaired) electrons. The molecule has 1 aliphatic carbocycles. The van der Waals surface area contributed by atoms with Crippen LogP contribution >= 0.6 is 0 Å². The zero-order valence-electron chi connectivity index (χ0n) is 7.88. The highest BCUT2D eigenvalue weighted by molar-refractivity contribution is 5.28. The molecule has 2 N–H and O–H groups in total. The van der Waals surface area contributed by atoms with Gasteiger partial charge in [0.15, 0.2) is 0 Å². The Hall–Kier alpha value is -0.820. The number of hydrogen-bond acceptors (Lipinski definition) is 1. The third-order valence-electron chi connectivity index (χ3n) is 1.71. The molecule has 0 unspecified atom stereocenters. The monoisotopic (exact) mass is 163 g/mol. The van der Waals surface area contributed by atoms with E-state index in [0.29, 0.717) is 0 Å². The molecule has 0 aliphatic heterocycles. The molecular formula is C11H17N. The predicted octanol–water partition coefficient (Wildman–Crippen LogP) is 2.56. The molecule has 0 amide bonds. The minimum Gasteiger partial charge on any atom is -0.325 e. The van der Waals surface area contributed by atoms with Gasteiger partial charge in [-0.1, -0.05) is 30.4 Å². The fourth-order valence-corrected chi connectivity index (χ4v) is 1.27. The van der Waals surface area contributed by atoms with E-state index < -0.39 is 0 Å². The summed E-state index contributed by atoms with van der Waals surface area (Å²) < 4.78 is 0. The van der Waals surface area contributed by atoms with Crippen LogP contribution in [0, 0.1) is 0 Å². The Balaban J connectivity index is 2.62. The summed E-state index contributed by atoms with van der Waals surface area (Å²) in [6.45, 7) is 4.10. The molecule has 1 nitrogen and oxygen atoms in total. The van der Waals surface area contributed by atoms with Crippen LogP contribution in [0.4, 0.5) is 0 Å². The molecule has 0 saturated heterocycles. The Morgan fingerprint density at radius 2 is 2.17 bits per heavy atom. The molecule has 66 valence electrons. The maximum atomic E-state index is 5.92. The van der Waals surface area contributed by atoms with Crippen molar-refractivity contribution in [2.75, 3.05) is 0 Å². The van der Waals surface area contributed by atoms with E-state index in [2.05, 4.69) is 44.2 Å². The standard InChI is InChI=1S/C11H17N/c1-11(2,12)9-10-7-5-3-4-6-8-10/h3,5-8H,4,9,12H2,1-2H3. The summed E-state index contributed by atoms with van der Waals surface area (Å²) >= 11 is 0. The second-order valence-electron chi connectivity index (χ2n) is 3.97. The Morgan fingerprint density at radius 3 is 2.83 bits per heavy atom. The van der Waals surface area contributed by atoms with E-state index in [-0.39, 0.29) is 5.54 Å². The Labute approximate surface area is 74.7 Å². The van der Waals surface area contributed by atoms with Crippen molar-refractivity contribution >= 4 is 0 Å². The third kappa shape index (κ3) is 3.54. The second-order valence-corrected chi connectivity index (χ2v) is 3.97. The third-order valence-corrected chi connectivity index (χ3v) is 1.71. The summed E-state index contributed by atoms with van der Waals surface area (Å²) in [5.74, 6) is 0. The minimum absolute atomic E-state index is 0.103. The van der Waals surface area contributed by atoms with Gasteiger partial charge in [-0.05, 0) is 32.3 Å². The molecule has 0 bridgehead atoms. The first-order valence-corrected chi connectivity index (χ1v) is 4.39. The topological polar surface area (TPSA) is 26.0 Å². The molecule has 12 heavy (non-hydrogen) atoms. The number of nitrogens with two attached hydrogens (primary N) is 1. The van der Waals surface area contributed by atoms with Gasteiger partial charge in [0.05, 0.1) is 0 Å². The summed E-state index contributed by atoms with van der Waals surface area (Å²) in [7, 11) is 0. The van der Waals surface area contributed by atoms with Gasteiger partial charge in [0.2, 0.25) is 0 Å². The van der Waals surface area contributed by atoms with Gasteiger partial charge in [-0.2, -0.15) is 0 Å². The van der Waals surface area contributed by atoms with Crippen molar-refractivity contribution < 1.29 is 0 Å². The van der Waals surface area contributed by atoms with Crippen molar-refractivity contribution in [3.05, 3.63) is 36.0 Å². The first kappa shape index (κ1) is 9.27. The smallest absolute Gasteiger partial charge is 0.0138 e. The van der Waals surface area contributed by atoms with Gasteiger partial charge < -0.3 is 5.73 Å². The van der Waals surface area contributed by atoms with Gasteiger partial charge in [-0.15, -0.1) is 0 Å². The molecular weight excluding hydrogens is 146 g/mol. The van der Waals surface area contributed by atoms with E-state index >= 15 is 0 Å². The minimum atomic E-state index is -0.103. The Kier molecular flexibility index (Phi) is 2.88. The molecule has 0 saturated carbocycles. The largest absolute Gasteiger partial charge is 0.325 e. The molecule has 0 spiro atoms. The maximum absolute atomic E-state index is 5.92. The molecule has 0 aromatic rings. The molecule has 0 fully saturated rings. The van der Waals surface area contributed by atoms with E-state index in [1.165, 1.54) is 5.57 Å². The van der Waals surface area contributed by atoms with E-state index in [0.717, 1.165) is 12.8 Å². The highest BCUT2D eigenvalue weighted by Gasteiger charge is 2.11. The molecule has 1 heteroatoms. The average molecular weight is 163 g/mol. The average Bonchev–Trinajstić information content (AvgIpc) is 2.12. The van der Waals surface area contributed by atoms with Crippen molar-refractivity contribution in [2.24, 2.45) is 5.73 Å². The van der Waals surface area contributed by atoms with Gasteiger partial charge in [0, 0.05) is 5.54 Å². The van der Waals surface area contributed by atoms with Crippen LogP contribution < -0.4 is 5.73 Å². The van der Waals surface area contributed by atoms with E-state index in [1.807, 2.05) is 0 Å². The zero-order chi connectivity index (χ0) is 9.03. The lowest BCUT2D eigenvalue weighted by Crippen LogP contribution is -2.31. The molecule has 0 aromatic heterocycles. The highest BCUT2D eigenvalue weighted by atomic mass is 14.7. The van der Waals surface area contributed by atoms with Gasteiger partial charge in [0.1, 0.15) is 0 Å². The molecule has 1 aliphatic rings. The van der Waals surface area contributed by atoms with E-state index in [9.17, 15) is 0 Å². The maximum Gasteiger partial charge on any atom is 0.0138 e. The van der Waals surface area contributed by atoms with Crippen molar-refractivity contribution in [1.82, 2.24) is 0 Å². The number of allylic oxidation sites excluding steroid dienone is 5. The fourth-order valence-electron chi connectivity index (χ4n) is 1.27. The first-order valence-electron chi connectivity index (χ1n) is 4.39. The van der Waals surface area contributed by atoms with Crippen molar-refractivity contribution in [3.63, 3.8) is 0 Å². The van der Waals surface area contributed by atoms with Crippen molar-refractivity contribution in [1.29, 1.82) is 0 Å². The lowest BCUT2D eigenvalue weighted by molar-refractivity contribution is 0.519. The number of rotatable bonds is 2. The Bertz CT molecular complexity index is 226. The van der Waals surface area contributed by atoms with E-state index in [1.54, 1.807) is 0 Å². The van der Waals surface area contributed by atoms with Crippen LogP contribution in [0.15, 0.2) is 36.0 Å². The second kappa shape index (κ2) is 3.72. The summed E-state index contributed by atoms with van der Waals surface area (Å²) in [5, 5.41) is 0. The van der Waals surface area contributed by atoms with E-state index in [4.69, 9.17) is 5.73 Å². The van der Waals surface area contributed by atoms with Crippen LogP contribution in [0.2, 0.25) is 0 Å². The lowest BCUT2D eigenvalue weighted by Gasteiger charge is -2.18. The van der Waals surface area contributed by atoms with Gasteiger partial charge >= 0.3 is 0 Å². The summed E-state index contributed by atoms with van der Waals surface area (Å²) in [4.78, 5) is 0. The SMILES string of the molecule is CC(C)(N)CC1=CC=CCC=C1. The fraction of sp³-hybridized carbons (Fsp3) is 0.455. The van der Waals surface area contributed by atoms with Crippen molar-refractivity contribution in [3.8, 4) is 0 Å². The first-order chi connectivity index (χ1) is 5.58. The van der Waals surface area contributed by atoms with Crippen LogP contribution in [-0.4, -0.2) is 5.54 Å². The highest BCUT2D eigenvalue weighted by Crippen LogP contribution is 2.16. The zero-order valence-corrected chi connectivity index (χ0v) is 7.88. The molecule has 1 rings (SSSR count). The lowest BCUT2D eigenvalue weighted by atomic mass is 9.96. The van der Waals surface area contributed by atoms with Gasteiger partial charge in [0.25, 0.3) is 0 Å². The quantitative estimate of drug-likeness (QED) is 0.665. The van der Waals surface area contributed by atoms with Crippen LogP contribution in [0.1, 0.15) is 26.7 Å². The van der Waals surface area contributed by atoms with Crippen molar-refractivity contribution in [2.45, 2.75) is 32.2 Å². The molecule has 0 atom stereocenters. The van der Waals surface area contributed by atoms with Crippen LogP contribution in [0.5, 0.6) is 0 Å². The predicted molar refractivity (Wildman–Crippen MR) is 53.9 cm³/mol. The molecule has 0 aromatic carbocycles. The summed E-state index contributed by atoms with van der Waals surface area (Å²) in [6.07, 6.45) is 12.7. The summed E-state index contributed by atoms with van der Waals surface area (Å²) in [5.41, 5.74) is 7.13. The normalized spacial score (nSPS) is 17.4. The number of hydrogen-bond donors (Lipinski definition) is 1.